The van der Waals surface area contributed by atoms with Crippen LogP contribution in [0.5, 0.6) is 0 Å². The average molecular weight is 180 g/mol. The molecule has 0 saturated carbocycles. The highest BCUT2D eigenvalue weighted by molar-refractivity contribution is 5.92. The number of carboxylic acid groups (broad SMARTS) is 1. The Bertz CT molecular complexity index is 348. The monoisotopic (exact) mass is 180 g/mol. The predicted molar refractivity (Wildman–Crippen MR) is 49.7 cm³/mol. The van der Waals surface area contributed by atoms with Crippen LogP contribution in [0.25, 0.3) is 0 Å². The molecule has 4 heteroatoms. The first kappa shape index (κ1) is 9.51. The van der Waals surface area contributed by atoms with Crippen LogP contribution < -0.4 is 5.73 Å². The van der Waals surface area contributed by atoms with Crippen molar-refractivity contribution >= 4 is 11.7 Å². The lowest BCUT2D eigenvalue weighted by Crippen LogP contribution is -2.09. The van der Waals surface area contributed by atoms with Gasteiger partial charge in [-0.2, -0.15) is 0 Å². The number of pyridine rings is 1. The van der Waals surface area contributed by atoms with Gasteiger partial charge in [-0.15, -0.1) is 0 Å². The Labute approximate surface area is 76.4 Å². The first-order chi connectivity index (χ1) is 6.06. The van der Waals surface area contributed by atoms with Crippen molar-refractivity contribution < 1.29 is 9.90 Å². The Morgan fingerprint density at radius 3 is 2.77 bits per heavy atom. The largest absolute Gasteiger partial charge is 0.476 e. The second-order valence-electron chi connectivity index (χ2n) is 2.84. The highest BCUT2D eigenvalue weighted by Gasteiger charge is 2.12. The quantitative estimate of drug-likeness (QED) is 0.717. The molecule has 1 rings (SSSR count). The number of carbonyl (C=O) groups is 1. The van der Waals surface area contributed by atoms with E-state index in [-0.39, 0.29) is 11.4 Å². The van der Waals surface area contributed by atoms with Gasteiger partial charge in [0, 0.05) is 5.69 Å². The number of carboxylic acids is 1. The van der Waals surface area contributed by atoms with Crippen LogP contribution in [-0.2, 0) is 6.42 Å². The van der Waals surface area contributed by atoms with Gasteiger partial charge in [-0.05, 0) is 25.0 Å². The number of nitrogen functional groups attached to an aromatic ring is 1. The van der Waals surface area contributed by atoms with E-state index >= 15 is 0 Å². The molecule has 70 valence electrons. The molecular weight excluding hydrogens is 168 g/mol. The zero-order valence-corrected chi connectivity index (χ0v) is 7.66. The molecule has 0 bridgehead atoms. The molecule has 4 nitrogen and oxygen atoms in total. The molecule has 3 N–H and O–H groups in total. The van der Waals surface area contributed by atoms with Crippen LogP contribution in [0.15, 0.2) is 6.07 Å². The van der Waals surface area contributed by atoms with Crippen molar-refractivity contribution in [1.82, 2.24) is 4.98 Å². The van der Waals surface area contributed by atoms with Crippen molar-refractivity contribution in [3.8, 4) is 0 Å². The summed E-state index contributed by atoms with van der Waals surface area (Å²) in [5.74, 6) is -1.07. The first-order valence-corrected chi connectivity index (χ1v) is 4.05. The van der Waals surface area contributed by atoms with E-state index < -0.39 is 5.97 Å². The first-order valence-electron chi connectivity index (χ1n) is 4.05. The lowest BCUT2D eigenvalue weighted by molar-refractivity contribution is 0.0691. The van der Waals surface area contributed by atoms with Gasteiger partial charge >= 0.3 is 5.97 Å². The Morgan fingerprint density at radius 1 is 1.69 bits per heavy atom. The zero-order valence-electron chi connectivity index (χ0n) is 7.66. The van der Waals surface area contributed by atoms with Gasteiger partial charge in [0.25, 0.3) is 0 Å². The van der Waals surface area contributed by atoms with Crippen molar-refractivity contribution in [3.63, 3.8) is 0 Å². The third-order valence-corrected chi connectivity index (χ3v) is 1.86. The zero-order chi connectivity index (χ0) is 10.0. The van der Waals surface area contributed by atoms with E-state index in [9.17, 15) is 4.79 Å². The predicted octanol–water partition coefficient (Wildman–Crippen LogP) is 1.23. The lowest BCUT2D eigenvalue weighted by Gasteiger charge is -2.06. The fourth-order valence-electron chi connectivity index (χ4n) is 1.21. The molecule has 0 aromatic carbocycles. The summed E-state index contributed by atoms with van der Waals surface area (Å²) in [4.78, 5) is 14.6. The molecule has 1 aromatic heterocycles. The number of nitrogens with two attached hydrogens (primary N) is 1. The van der Waals surface area contributed by atoms with Gasteiger partial charge in [-0.25, -0.2) is 9.78 Å². The molecule has 0 fully saturated rings. The maximum Gasteiger partial charge on any atom is 0.356 e. The third-order valence-electron chi connectivity index (χ3n) is 1.86. The minimum absolute atomic E-state index is 0.0446. The van der Waals surface area contributed by atoms with E-state index in [1.165, 1.54) is 0 Å². The van der Waals surface area contributed by atoms with Crippen LogP contribution in [-0.4, -0.2) is 16.1 Å². The lowest BCUT2D eigenvalue weighted by atomic mass is 10.1. The fourth-order valence-corrected chi connectivity index (χ4v) is 1.21. The number of hydrogen-bond donors (Lipinski definition) is 2. The van der Waals surface area contributed by atoms with E-state index in [2.05, 4.69) is 4.98 Å². The summed E-state index contributed by atoms with van der Waals surface area (Å²) >= 11 is 0. The second kappa shape index (κ2) is 3.43. The number of aromatic nitrogens is 1. The van der Waals surface area contributed by atoms with Crippen LogP contribution in [0, 0.1) is 6.92 Å². The van der Waals surface area contributed by atoms with Crippen LogP contribution in [0.1, 0.15) is 28.7 Å². The Kier molecular flexibility index (Phi) is 2.51. The third kappa shape index (κ3) is 1.77. The maximum atomic E-state index is 10.7. The number of anilines is 1. The molecule has 0 radical (unpaired) electrons. The van der Waals surface area contributed by atoms with Crippen molar-refractivity contribution in [3.05, 3.63) is 23.0 Å². The van der Waals surface area contributed by atoms with E-state index in [1.807, 2.05) is 13.0 Å². The highest BCUT2D eigenvalue weighted by Crippen LogP contribution is 2.17. The van der Waals surface area contributed by atoms with Crippen LogP contribution >= 0.6 is 0 Å². The summed E-state index contributed by atoms with van der Waals surface area (Å²) in [5, 5.41) is 8.77. The Morgan fingerprint density at radius 2 is 2.31 bits per heavy atom. The minimum atomic E-state index is -1.07. The Hall–Kier alpha value is -1.58. The molecule has 0 amide bonds. The fraction of sp³-hybridized carbons (Fsp3) is 0.333. The van der Waals surface area contributed by atoms with Crippen molar-refractivity contribution in [2.75, 3.05) is 5.73 Å². The normalized spacial score (nSPS) is 10.0. The van der Waals surface area contributed by atoms with E-state index in [0.717, 1.165) is 12.0 Å². The molecule has 13 heavy (non-hydrogen) atoms. The van der Waals surface area contributed by atoms with Crippen molar-refractivity contribution in [1.29, 1.82) is 0 Å². The van der Waals surface area contributed by atoms with Crippen molar-refractivity contribution in [2.24, 2.45) is 0 Å². The van der Waals surface area contributed by atoms with Gasteiger partial charge in [0.05, 0.1) is 5.69 Å². The van der Waals surface area contributed by atoms with E-state index in [4.69, 9.17) is 10.8 Å². The summed E-state index contributed by atoms with van der Waals surface area (Å²) in [5.41, 5.74) is 7.38. The summed E-state index contributed by atoms with van der Waals surface area (Å²) < 4.78 is 0. The molecule has 0 atom stereocenters. The SMILES string of the molecule is CCc1cc(C)nc(C(=O)O)c1N. The number of aromatic carboxylic acids is 1. The number of rotatable bonds is 2. The van der Waals surface area contributed by atoms with E-state index in [0.29, 0.717) is 5.69 Å². The molecule has 0 aliphatic rings. The van der Waals surface area contributed by atoms with Gasteiger partial charge in [0.1, 0.15) is 0 Å². The minimum Gasteiger partial charge on any atom is -0.476 e. The number of aryl methyl sites for hydroxylation is 2. The van der Waals surface area contributed by atoms with Crippen molar-refractivity contribution in [2.45, 2.75) is 20.3 Å². The molecule has 0 saturated heterocycles. The molecule has 1 aromatic rings. The van der Waals surface area contributed by atoms with Gasteiger partial charge in [-0.3, -0.25) is 0 Å². The van der Waals surface area contributed by atoms with E-state index in [1.54, 1.807) is 6.92 Å². The topological polar surface area (TPSA) is 76.2 Å². The standard InChI is InChI=1S/C9H12N2O2/c1-3-6-4-5(2)11-8(7(6)10)9(12)13/h4H,3,10H2,1-2H3,(H,12,13). The summed E-state index contributed by atoms with van der Waals surface area (Å²) in [6.45, 7) is 3.68. The summed E-state index contributed by atoms with van der Waals surface area (Å²) in [6.07, 6.45) is 0.718. The smallest absolute Gasteiger partial charge is 0.356 e. The molecule has 0 spiro atoms. The summed E-state index contributed by atoms with van der Waals surface area (Å²) in [6, 6.07) is 1.81. The number of hydrogen-bond acceptors (Lipinski definition) is 3. The maximum absolute atomic E-state index is 10.7. The number of nitrogens with zero attached hydrogens (tertiary/aromatic N) is 1. The van der Waals surface area contributed by atoms with Gasteiger partial charge in [-0.1, -0.05) is 6.92 Å². The molecule has 0 unspecified atom stereocenters. The molecule has 0 aliphatic heterocycles. The average Bonchev–Trinajstić information content (AvgIpc) is 2.08. The van der Waals surface area contributed by atoms with Crippen LogP contribution in [0.2, 0.25) is 0 Å². The Balaban J connectivity index is 3.35. The second-order valence-corrected chi connectivity index (χ2v) is 2.84. The van der Waals surface area contributed by atoms with Gasteiger partial charge in [0.15, 0.2) is 5.69 Å². The molecule has 0 aliphatic carbocycles. The van der Waals surface area contributed by atoms with Crippen LogP contribution in [0.3, 0.4) is 0 Å². The summed E-state index contributed by atoms with van der Waals surface area (Å²) in [7, 11) is 0. The highest BCUT2D eigenvalue weighted by atomic mass is 16.4. The van der Waals surface area contributed by atoms with Gasteiger partial charge in [0.2, 0.25) is 0 Å². The van der Waals surface area contributed by atoms with Gasteiger partial charge < -0.3 is 10.8 Å². The molecule has 1 heterocycles. The van der Waals surface area contributed by atoms with Crippen LogP contribution in [0.4, 0.5) is 5.69 Å². The molecular formula is C9H12N2O2.